The van der Waals surface area contributed by atoms with E-state index in [4.69, 9.17) is 5.11 Å². The lowest BCUT2D eigenvalue weighted by Crippen LogP contribution is -2.35. The molecule has 1 rings (SSSR count). The van der Waals surface area contributed by atoms with Crippen molar-refractivity contribution in [1.82, 2.24) is 10.6 Å². The first-order valence-corrected chi connectivity index (χ1v) is 5.47. The van der Waals surface area contributed by atoms with E-state index in [0.29, 0.717) is 13.1 Å². The fourth-order valence-corrected chi connectivity index (χ4v) is 1.25. The Hall–Kier alpha value is -2.04. The monoisotopic (exact) mass is 236 g/mol. The third-order valence-corrected chi connectivity index (χ3v) is 2.19. The number of aromatic carboxylic acids is 1. The van der Waals surface area contributed by atoms with Crippen molar-refractivity contribution >= 4 is 12.0 Å². The number of hydrogen-bond donors (Lipinski definition) is 3. The van der Waals surface area contributed by atoms with Gasteiger partial charge in [0.25, 0.3) is 0 Å². The lowest BCUT2D eigenvalue weighted by Gasteiger charge is -2.06. The molecule has 5 nitrogen and oxygen atoms in total. The van der Waals surface area contributed by atoms with Crippen LogP contribution < -0.4 is 10.6 Å². The van der Waals surface area contributed by atoms with Gasteiger partial charge < -0.3 is 15.7 Å². The van der Waals surface area contributed by atoms with Gasteiger partial charge in [0.15, 0.2) is 0 Å². The molecule has 0 spiro atoms. The number of carbonyl (C=O) groups excluding carboxylic acids is 1. The Morgan fingerprint density at radius 2 is 1.82 bits per heavy atom. The molecule has 0 bridgehead atoms. The zero-order valence-corrected chi connectivity index (χ0v) is 9.69. The highest BCUT2D eigenvalue weighted by Crippen LogP contribution is 2.03. The Balaban J connectivity index is 2.42. The summed E-state index contributed by atoms with van der Waals surface area (Å²) in [7, 11) is 0. The minimum atomic E-state index is -0.954. The number of rotatable bonds is 5. The first-order chi connectivity index (χ1) is 8.13. The van der Waals surface area contributed by atoms with Crippen molar-refractivity contribution in [3.05, 3.63) is 35.4 Å². The van der Waals surface area contributed by atoms with Gasteiger partial charge in [-0.2, -0.15) is 0 Å². The van der Waals surface area contributed by atoms with Gasteiger partial charge in [-0.25, -0.2) is 9.59 Å². The van der Waals surface area contributed by atoms with Gasteiger partial charge in [0, 0.05) is 13.1 Å². The van der Waals surface area contributed by atoms with Crippen molar-refractivity contribution < 1.29 is 14.7 Å². The van der Waals surface area contributed by atoms with Gasteiger partial charge in [0.1, 0.15) is 0 Å². The van der Waals surface area contributed by atoms with Gasteiger partial charge in [-0.1, -0.05) is 19.1 Å². The van der Waals surface area contributed by atoms with E-state index in [1.165, 1.54) is 12.1 Å². The van der Waals surface area contributed by atoms with Crippen molar-refractivity contribution in [2.24, 2.45) is 0 Å². The molecule has 92 valence electrons. The van der Waals surface area contributed by atoms with Crippen molar-refractivity contribution in [2.75, 3.05) is 6.54 Å². The van der Waals surface area contributed by atoms with Gasteiger partial charge in [0.05, 0.1) is 5.56 Å². The van der Waals surface area contributed by atoms with Crippen LogP contribution >= 0.6 is 0 Å². The van der Waals surface area contributed by atoms with Crippen LogP contribution in [0.4, 0.5) is 4.79 Å². The minimum Gasteiger partial charge on any atom is -0.478 e. The topological polar surface area (TPSA) is 78.4 Å². The standard InChI is InChI=1S/C12H16N2O3/c1-2-7-13-12(17)14-8-9-3-5-10(6-4-9)11(15)16/h3-6H,2,7-8H2,1H3,(H,15,16)(H2,13,14,17). The number of nitrogens with one attached hydrogen (secondary N) is 2. The fourth-order valence-electron chi connectivity index (χ4n) is 1.25. The third kappa shape index (κ3) is 4.55. The highest BCUT2D eigenvalue weighted by atomic mass is 16.4. The summed E-state index contributed by atoms with van der Waals surface area (Å²) in [6.45, 7) is 3.00. The molecule has 0 fully saturated rings. The number of amides is 2. The Labute approximate surface area is 99.8 Å². The summed E-state index contributed by atoms with van der Waals surface area (Å²) in [5.74, 6) is -0.954. The van der Waals surface area contributed by atoms with Crippen LogP contribution in [-0.2, 0) is 6.54 Å². The maximum atomic E-state index is 11.2. The van der Waals surface area contributed by atoms with Crippen LogP contribution in [0.3, 0.4) is 0 Å². The molecule has 0 saturated heterocycles. The lowest BCUT2D eigenvalue weighted by molar-refractivity contribution is 0.0697. The summed E-state index contributed by atoms with van der Waals surface area (Å²) < 4.78 is 0. The summed E-state index contributed by atoms with van der Waals surface area (Å²) in [5, 5.41) is 14.1. The first kappa shape index (κ1) is 13.0. The van der Waals surface area contributed by atoms with Crippen LogP contribution in [0.1, 0.15) is 29.3 Å². The van der Waals surface area contributed by atoms with Crippen LogP contribution in [0.5, 0.6) is 0 Å². The van der Waals surface area contributed by atoms with Gasteiger partial charge in [-0.3, -0.25) is 0 Å². The van der Waals surface area contributed by atoms with E-state index in [1.807, 2.05) is 6.92 Å². The molecule has 0 saturated carbocycles. The molecule has 0 aliphatic rings. The molecule has 3 N–H and O–H groups in total. The van der Waals surface area contributed by atoms with Crippen LogP contribution in [-0.4, -0.2) is 23.7 Å². The van der Waals surface area contributed by atoms with E-state index in [9.17, 15) is 9.59 Å². The summed E-state index contributed by atoms with van der Waals surface area (Å²) >= 11 is 0. The molecular weight excluding hydrogens is 220 g/mol. The second kappa shape index (κ2) is 6.52. The molecule has 0 aliphatic carbocycles. The predicted molar refractivity (Wildman–Crippen MR) is 63.9 cm³/mol. The van der Waals surface area contributed by atoms with Crippen LogP contribution in [0.25, 0.3) is 0 Å². The molecule has 1 aromatic rings. The average Bonchev–Trinajstić information content (AvgIpc) is 2.34. The van der Waals surface area contributed by atoms with Crippen molar-refractivity contribution in [3.63, 3.8) is 0 Å². The zero-order valence-electron chi connectivity index (χ0n) is 9.69. The van der Waals surface area contributed by atoms with Gasteiger partial charge in [-0.15, -0.1) is 0 Å². The van der Waals surface area contributed by atoms with E-state index >= 15 is 0 Å². The Kier molecular flexibility index (Phi) is 5.00. The highest BCUT2D eigenvalue weighted by Gasteiger charge is 2.02. The molecule has 0 unspecified atom stereocenters. The third-order valence-electron chi connectivity index (χ3n) is 2.19. The SMILES string of the molecule is CCCNC(=O)NCc1ccc(C(=O)O)cc1. The number of benzene rings is 1. The summed E-state index contributed by atoms with van der Waals surface area (Å²) in [6.07, 6.45) is 0.890. The summed E-state index contributed by atoms with van der Waals surface area (Å²) in [5.41, 5.74) is 1.10. The summed E-state index contributed by atoms with van der Waals surface area (Å²) in [4.78, 5) is 21.9. The minimum absolute atomic E-state index is 0.214. The zero-order chi connectivity index (χ0) is 12.7. The van der Waals surface area contributed by atoms with E-state index in [2.05, 4.69) is 10.6 Å². The van der Waals surface area contributed by atoms with E-state index in [1.54, 1.807) is 12.1 Å². The second-order valence-electron chi connectivity index (χ2n) is 3.61. The number of carboxylic acid groups (broad SMARTS) is 1. The largest absolute Gasteiger partial charge is 0.478 e. The van der Waals surface area contributed by atoms with Crippen molar-refractivity contribution in [2.45, 2.75) is 19.9 Å². The normalized spacial score (nSPS) is 9.71. The predicted octanol–water partition coefficient (Wildman–Crippen LogP) is 1.59. The maximum absolute atomic E-state index is 11.2. The quantitative estimate of drug-likeness (QED) is 0.726. The Bertz CT molecular complexity index is 387. The molecule has 0 aliphatic heterocycles. The number of carboxylic acids is 1. The smallest absolute Gasteiger partial charge is 0.335 e. The molecule has 0 aromatic heterocycles. The van der Waals surface area contributed by atoms with Crippen LogP contribution in [0, 0.1) is 0 Å². The second-order valence-corrected chi connectivity index (χ2v) is 3.61. The number of hydrogen-bond acceptors (Lipinski definition) is 2. The highest BCUT2D eigenvalue weighted by molar-refractivity contribution is 5.87. The molecular formula is C12H16N2O3. The van der Waals surface area contributed by atoms with Crippen LogP contribution in [0.15, 0.2) is 24.3 Å². The number of urea groups is 1. The van der Waals surface area contributed by atoms with E-state index < -0.39 is 5.97 Å². The van der Waals surface area contributed by atoms with Gasteiger partial charge in [0.2, 0.25) is 0 Å². The lowest BCUT2D eigenvalue weighted by atomic mass is 10.1. The molecule has 2 amide bonds. The fraction of sp³-hybridized carbons (Fsp3) is 0.333. The summed E-state index contributed by atoms with van der Waals surface area (Å²) in [6, 6.07) is 6.19. The Morgan fingerprint density at radius 3 is 2.35 bits per heavy atom. The van der Waals surface area contributed by atoms with Crippen molar-refractivity contribution in [1.29, 1.82) is 0 Å². The van der Waals surface area contributed by atoms with Gasteiger partial charge in [-0.05, 0) is 24.1 Å². The Morgan fingerprint density at radius 1 is 1.18 bits per heavy atom. The van der Waals surface area contributed by atoms with E-state index in [0.717, 1.165) is 12.0 Å². The molecule has 0 heterocycles. The molecule has 17 heavy (non-hydrogen) atoms. The van der Waals surface area contributed by atoms with Crippen molar-refractivity contribution in [3.8, 4) is 0 Å². The number of carbonyl (C=O) groups is 2. The molecule has 5 heteroatoms. The molecule has 0 atom stereocenters. The van der Waals surface area contributed by atoms with E-state index in [-0.39, 0.29) is 11.6 Å². The van der Waals surface area contributed by atoms with Crippen LogP contribution in [0.2, 0.25) is 0 Å². The first-order valence-electron chi connectivity index (χ1n) is 5.47. The van der Waals surface area contributed by atoms with Gasteiger partial charge >= 0.3 is 12.0 Å². The molecule has 1 aromatic carbocycles. The molecule has 0 radical (unpaired) electrons. The average molecular weight is 236 g/mol. The maximum Gasteiger partial charge on any atom is 0.335 e.